The second-order valence-corrected chi connectivity index (χ2v) is 3.57. The van der Waals surface area contributed by atoms with Crippen molar-refractivity contribution in [3.63, 3.8) is 0 Å². The summed E-state index contributed by atoms with van der Waals surface area (Å²) in [5.74, 6) is -1.89. The Balaban J connectivity index is 2.66. The number of amides is 1. The van der Waals surface area contributed by atoms with Gasteiger partial charge < -0.3 is 4.90 Å². The highest BCUT2D eigenvalue weighted by molar-refractivity contribution is 6.52. The maximum absolute atomic E-state index is 13.2. The second kappa shape index (κ2) is 3.31. The van der Waals surface area contributed by atoms with Crippen molar-refractivity contribution in [1.82, 2.24) is 0 Å². The van der Waals surface area contributed by atoms with E-state index in [-0.39, 0.29) is 10.6 Å². The summed E-state index contributed by atoms with van der Waals surface area (Å²) in [7, 11) is 0. The number of hydrogen-bond donors (Lipinski definition) is 0. The number of rotatable bonds is 1. The lowest BCUT2D eigenvalue weighted by molar-refractivity contribution is -0.114. The van der Waals surface area contributed by atoms with Crippen molar-refractivity contribution >= 4 is 29.0 Å². The largest absolute Gasteiger partial charge is 0.305 e. The van der Waals surface area contributed by atoms with Gasteiger partial charge in [-0.05, 0) is 19.1 Å². The lowest BCUT2D eigenvalue weighted by atomic mass is 10.1. The Morgan fingerprint density at radius 3 is 2.67 bits per heavy atom. The van der Waals surface area contributed by atoms with Gasteiger partial charge in [-0.25, -0.2) is 4.39 Å². The van der Waals surface area contributed by atoms with Crippen molar-refractivity contribution in [1.29, 1.82) is 0 Å². The van der Waals surface area contributed by atoms with E-state index in [0.717, 1.165) is 6.07 Å². The van der Waals surface area contributed by atoms with Gasteiger partial charge in [-0.2, -0.15) is 0 Å². The van der Waals surface area contributed by atoms with Crippen molar-refractivity contribution < 1.29 is 14.0 Å². The number of carbonyl (C=O) groups excluding carboxylic acids is 2. The summed E-state index contributed by atoms with van der Waals surface area (Å²) in [5.41, 5.74) is 0.475. The number of fused-ring (bicyclic) bond motifs is 1. The third-order valence-corrected chi connectivity index (χ3v) is 2.62. The molecule has 0 unspecified atom stereocenters. The maximum atomic E-state index is 13.2. The van der Waals surface area contributed by atoms with Crippen LogP contribution in [0.3, 0.4) is 0 Å². The SMILES string of the molecule is CCN1C(=O)C(=O)c2cc(Cl)c(F)cc21. The average Bonchev–Trinajstić information content (AvgIpc) is 2.42. The quantitative estimate of drug-likeness (QED) is 0.689. The number of carbonyl (C=O) groups is 2. The van der Waals surface area contributed by atoms with Crippen LogP contribution in [0.4, 0.5) is 10.1 Å². The molecule has 0 aliphatic carbocycles. The molecule has 1 aromatic carbocycles. The minimum atomic E-state index is -0.631. The molecule has 1 heterocycles. The molecule has 0 fully saturated rings. The highest BCUT2D eigenvalue weighted by Crippen LogP contribution is 2.32. The second-order valence-electron chi connectivity index (χ2n) is 3.16. The number of anilines is 1. The normalized spacial score (nSPS) is 14.7. The van der Waals surface area contributed by atoms with Crippen LogP contribution in [0, 0.1) is 5.82 Å². The molecule has 1 aliphatic rings. The van der Waals surface area contributed by atoms with Gasteiger partial charge in [-0.1, -0.05) is 11.6 Å². The van der Waals surface area contributed by atoms with E-state index >= 15 is 0 Å². The molecule has 3 nitrogen and oxygen atoms in total. The molecule has 1 aromatic rings. The minimum Gasteiger partial charge on any atom is -0.305 e. The van der Waals surface area contributed by atoms with E-state index in [2.05, 4.69) is 0 Å². The van der Waals surface area contributed by atoms with Gasteiger partial charge in [0.15, 0.2) is 0 Å². The van der Waals surface area contributed by atoms with Crippen molar-refractivity contribution in [2.45, 2.75) is 6.92 Å². The Morgan fingerprint density at radius 1 is 1.40 bits per heavy atom. The van der Waals surface area contributed by atoms with Crippen molar-refractivity contribution in [3.05, 3.63) is 28.5 Å². The third kappa shape index (κ3) is 1.33. The fourth-order valence-electron chi connectivity index (χ4n) is 1.60. The molecule has 0 radical (unpaired) electrons. The number of benzene rings is 1. The third-order valence-electron chi connectivity index (χ3n) is 2.33. The zero-order valence-corrected chi connectivity index (χ0v) is 8.64. The molecule has 1 aliphatic heterocycles. The Morgan fingerprint density at radius 2 is 2.07 bits per heavy atom. The van der Waals surface area contributed by atoms with Gasteiger partial charge >= 0.3 is 0 Å². The summed E-state index contributed by atoms with van der Waals surface area (Å²) < 4.78 is 13.2. The highest BCUT2D eigenvalue weighted by Gasteiger charge is 2.35. The topological polar surface area (TPSA) is 37.4 Å². The van der Waals surface area contributed by atoms with Crippen molar-refractivity contribution in [2.24, 2.45) is 0 Å². The van der Waals surface area contributed by atoms with Crippen molar-refractivity contribution in [2.75, 3.05) is 11.4 Å². The number of halogens is 2. The summed E-state index contributed by atoms with van der Waals surface area (Å²) in [6, 6.07) is 2.31. The molecule has 1 amide bonds. The van der Waals surface area contributed by atoms with E-state index in [4.69, 9.17) is 11.6 Å². The van der Waals surface area contributed by atoms with Gasteiger partial charge in [0.1, 0.15) is 5.82 Å². The molecular formula is C10H7ClFNO2. The molecule has 2 rings (SSSR count). The van der Waals surface area contributed by atoms with Gasteiger partial charge in [-0.3, -0.25) is 9.59 Å². The Bertz CT molecular complexity index is 473. The predicted molar refractivity (Wildman–Crippen MR) is 53.8 cm³/mol. The summed E-state index contributed by atoms with van der Waals surface area (Å²) in [6.07, 6.45) is 0. The maximum Gasteiger partial charge on any atom is 0.299 e. The predicted octanol–water partition coefficient (Wildman–Crippen LogP) is 2.03. The van der Waals surface area contributed by atoms with Gasteiger partial charge in [0.05, 0.1) is 16.3 Å². The zero-order valence-electron chi connectivity index (χ0n) is 7.88. The molecule has 0 aromatic heterocycles. The Kier molecular flexibility index (Phi) is 2.23. The summed E-state index contributed by atoms with van der Waals surface area (Å²) >= 11 is 5.54. The average molecular weight is 228 g/mol. The first-order chi connectivity index (χ1) is 7.06. The first-order valence-electron chi connectivity index (χ1n) is 4.41. The molecule has 0 N–H and O–H groups in total. The first-order valence-corrected chi connectivity index (χ1v) is 4.79. The minimum absolute atomic E-state index is 0.146. The van der Waals surface area contributed by atoms with Gasteiger partial charge in [0, 0.05) is 6.54 Å². The molecule has 0 bridgehead atoms. The molecule has 0 saturated heterocycles. The van der Waals surface area contributed by atoms with Crippen LogP contribution in [0.5, 0.6) is 0 Å². The first kappa shape index (κ1) is 10.1. The van der Waals surface area contributed by atoms with E-state index in [9.17, 15) is 14.0 Å². The smallest absolute Gasteiger partial charge is 0.299 e. The van der Waals surface area contributed by atoms with E-state index < -0.39 is 17.5 Å². The number of ketones is 1. The fraction of sp³-hybridized carbons (Fsp3) is 0.200. The Hall–Kier alpha value is -1.42. The highest BCUT2D eigenvalue weighted by atomic mass is 35.5. The molecule has 78 valence electrons. The van der Waals surface area contributed by atoms with Crippen LogP contribution in [0.25, 0.3) is 0 Å². The summed E-state index contributed by atoms with van der Waals surface area (Å²) in [5, 5.41) is -0.146. The van der Waals surface area contributed by atoms with Crippen LogP contribution < -0.4 is 4.90 Å². The van der Waals surface area contributed by atoms with Crippen molar-refractivity contribution in [3.8, 4) is 0 Å². The van der Waals surface area contributed by atoms with Crippen LogP contribution in [-0.4, -0.2) is 18.2 Å². The number of nitrogens with zero attached hydrogens (tertiary/aromatic N) is 1. The molecule has 0 atom stereocenters. The summed E-state index contributed by atoms with van der Waals surface area (Å²) in [6.45, 7) is 2.05. The lowest BCUT2D eigenvalue weighted by Gasteiger charge is -2.13. The molecule has 0 saturated carbocycles. The van der Waals surface area contributed by atoms with Crippen LogP contribution in [0.1, 0.15) is 17.3 Å². The summed E-state index contributed by atoms with van der Waals surface area (Å²) in [4.78, 5) is 24.1. The van der Waals surface area contributed by atoms with Crippen LogP contribution in [-0.2, 0) is 4.79 Å². The molecule has 5 heteroatoms. The van der Waals surface area contributed by atoms with E-state index in [1.54, 1.807) is 6.92 Å². The van der Waals surface area contributed by atoms with Crippen LogP contribution in [0.15, 0.2) is 12.1 Å². The lowest BCUT2D eigenvalue weighted by Crippen LogP contribution is -2.29. The zero-order chi connectivity index (χ0) is 11.2. The van der Waals surface area contributed by atoms with Crippen LogP contribution >= 0.6 is 11.6 Å². The monoisotopic (exact) mass is 227 g/mol. The van der Waals surface area contributed by atoms with E-state index in [0.29, 0.717) is 12.2 Å². The Labute approximate surface area is 90.4 Å². The molecule has 0 spiro atoms. The van der Waals surface area contributed by atoms with E-state index in [1.807, 2.05) is 0 Å². The number of hydrogen-bond acceptors (Lipinski definition) is 2. The standard InChI is InChI=1S/C10H7ClFNO2/c1-2-13-8-4-7(12)6(11)3-5(8)9(14)10(13)15/h3-4H,2H2,1H3. The van der Waals surface area contributed by atoms with E-state index in [1.165, 1.54) is 11.0 Å². The molecule has 15 heavy (non-hydrogen) atoms. The van der Waals surface area contributed by atoms with Gasteiger partial charge in [0.25, 0.3) is 11.7 Å². The molecular weight excluding hydrogens is 221 g/mol. The van der Waals surface area contributed by atoms with Gasteiger partial charge in [-0.15, -0.1) is 0 Å². The number of Topliss-reactive ketones (excluding diaryl/α,β-unsaturated/α-hetero) is 1. The van der Waals surface area contributed by atoms with Gasteiger partial charge in [0.2, 0.25) is 0 Å². The van der Waals surface area contributed by atoms with Crippen LogP contribution in [0.2, 0.25) is 5.02 Å². The fourth-order valence-corrected chi connectivity index (χ4v) is 1.77. The number of likely N-dealkylation sites (N-methyl/N-ethyl adjacent to an activating group) is 1.